The lowest BCUT2D eigenvalue weighted by Gasteiger charge is -1.95. The Kier molecular flexibility index (Phi) is 5.93. The van der Waals surface area contributed by atoms with E-state index >= 15 is 0 Å². The van der Waals surface area contributed by atoms with Gasteiger partial charge in [0, 0.05) is 0 Å². The standard InChI is InChI=1S/C8H14N2O2/c1-3-5-6-7(10-9)8(11)12-4-2/h3-6H2,1-2H3. The molecule has 0 radical (unpaired) electrons. The molecule has 0 heterocycles. The fraction of sp³-hybridized carbons (Fsp3) is 0.750. The van der Waals surface area contributed by atoms with Crippen molar-refractivity contribution >= 4 is 11.7 Å². The van der Waals surface area contributed by atoms with Crippen LogP contribution in [0.25, 0.3) is 5.53 Å². The Morgan fingerprint density at radius 2 is 2.17 bits per heavy atom. The SMILES string of the molecule is CCCCC(=[N+]=[N-])C(=O)OCC. The van der Waals surface area contributed by atoms with E-state index in [2.05, 4.69) is 9.53 Å². The quantitative estimate of drug-likeness (QED) is 0.271. The topological polar surface area (TPSA) is 62.7 Å². The third kappa shape index (κ3) is 3.88. The predicted octanol–water partition coefficient (Wildman–Crippen LogP) is 1.41. The van der Waals surface area contributed by atoms with E-state index in [1.807, 2.05) is 6.92 Å². The van der Waals surface area contributed by atoms with Crippen LogP contribution in [0.1, 0.15) is 33.1 Å². The molecule has 68 valence electrons. The average Bonchev–Trinajstić information content (AvgIpc) is 2.06. The van der Waals surface area contributed by atoms with Crippen molar-refractivity contribution in [2.45, 2.75) is 33.1 Å². The Labute approximate surface area is 72.2 Å². The molecule has 0 aliphatic rings. The molecule has 0 N–H and O–H groups in total. The molecule has 0 saturated heterocycles. The van der Waals surface area contributed by atoms with E-state index in [0.717, 1.165) is 12.8 Å². The minimum Gasteiger partial charge on any atom is -0.457 e. The van der Waals surface area contributed by atoms with Crippen molar-refractivity contribution in [1.82, 2.24) is 0 Å². The van der Waals surface area contributed by atoms with Crippen molar-refractivity contribution in [2.24, 2.45) is 0 Å². The monoisotopic (exact) mass is 170 g/mol. The van der Waals surface area contributed by atoms with Gasteiger partial charge in [-0.15, -0.1) is 0 Å². The van der Waals surface area contributed by atoms with E-state index in [1.165, 1.54) is 0 Å². The zero-order valence-electron chi connectivity index (χ0n) is 7.54. The summed E-state index contributed by atoms with van der Waals surface area (Å²) in [5.41, 5.74) is 8.55. The van der Waals surface area contributed by atoms with E-state index in [1.54, 1.807) is 6.92 Å². The highest BCUT2D eigenvalue weighted by molar-refractivity contribution is 6.33. The van der Waals surface area contributed by atoms with Gasteiger partial charge >= 0.3 is 11.7 Å². The molecule has 0 aromatic rings. The highest BCUT2D eigenvalue weighted by Gasteiger charge is 2.19. The number of carbonyl (C=O) groups is 1. The molecule has 12 heavy (non-hydrogen) atoms. The summed E-state index contributed by atoms with van der Waals surface area (Å²) in [6.45, 7) is 4.02. The van der Waals surface area contributed by atoms with Gasteiger partial charge in [0.25, 0.3) is 0 Å². The van der Waals surface area contributed by atoms with Gasteiger partial charge in [0.05, 0.1) is 13.0 Å². The van der Waals surface area contributed by atoms with Gasteiger partial charge in [-0.1, -0.05) is 13.3 Å². The summed E-state index contributed by atoms with van der Waals surface area (Å²) in [5.74, 6) is -0.520. The van der Waals surface area contributed by atoms with E-state index < -0.39 is 5.97 Å². The number of esters is 1. The lowest BCUT2D eigenvalue weighted by molar-refractivity contribution is -0.140. The van der Waals surface area contributed by atoms with Crippen LogP contribution in [0.5, 0.6) is 0 Å². The number of carbonyl (C=O) groups excluding carboxylic acids is 1. The number of hydrogen-bond donors (Lipinski definition) is 0. The van der Waals surface area contributed by atoms with Crippen molar-refractivity contribution < 1.29 is 14.3 Å². The molecule has 4 heteroatoms. The predicted molar refractivity (Wildman–Crippen MR) is 44.8 cm³/mol. The fourth-order valence-corrected chi connectivity index (χ4v) is 0.752. The summed E-state index contributed by atoms with van der Waals surface area (Å²) in [6, 6.07) is 0. The number of ether oxygens (including phenoxy) is 1. The second-order valence-electron chi connectivity index (χ2n) is 2.37. The van der Waals surface area contributed by atoms with Crippen LogP contribution < -0.4 is 0 Å². The lowest BCUT2D eigenvalue weighted by atomic mass is 10.2. The Balaban J connectivity index is 3.99. The lowest BCUT2D eigenvalue weighted by Crippen LogP contribution is -2.18. The zero-order chi connectivity index (χ0) is 9.40. The fourth-order valence-electron chi connectivity index (χ4n) is 0.752. The number of rotatable bonds is 5. The first-order valence-electron chi connectivity index (χ1n) is 4.14. The molecule has 0 rings (SSSR count). The largest absolute Gasteiger partial charge is 0.457 e. The van der Waals surface area contributed by atoms with Gasteiger partial charge in [-0.05, 0) is 13.3 Å². The van der Waals surface area contributed by atoms with Crippen molar-refractivity contribution in [3.8, 4) is 0 Å². The van der Waals surface area contributed by atoms with Gasteiger partial charge in [-0.25, -0.2) is 4.79 Å². The number of unbranched alkanes of at least 4 members (excludes halogenated alkanes) is 1. The second kappa shape index (κ2) is 6.55. The van der Waals surface area contributed by atoms with E-state index in [9.17, 15) is 4.79 Å². The number of nitrogens with zero attached hydrogens (tertiary/aromatic N) is 2. The highest BCUT2D eigenvalue weighted by atomic mass is 16.5. The molecule has 0 unspecified atom stereocenters. The van der Waals surface area contributed by atoms with Crippen LogP contribution in [0.2, 0.25) is 0 Å². The summed E-state index contributed by atoms with van der Waals surface area (Å²) >= 11 is 0. The van der Waals surface area contributed by atoms with Gasteiger partial charge in [0.2, 0.25) is 0 Å². The first-order valence-corrected chi connectivity index (χ1v) is 4.14. The maximum Gasteiger partial charge on any atom is 0.416 e. The Hall–Kier alpha value is -1.15. The molecular formula is C8H14N2O2. The zero-order valence-corrected chi connectivity index (χ0v) is 7.54. The third-order valence-corrected chi connectivity index (χ3v) is 1.40. The smallest absolute Gasteiger partial charge is 0.416 e. The Bertz CT molecular complexity index is 195. The van der Waals surface area contributed by atoms with Gasteiger partial charge in [0.1, 0.15) is 0 Å². The van der Waals surface area contributed by atoms with E-state index in [0.29, 0.717) is 13.0 Å². The summed E-state index contributed by atoms with van der Waals surface area (Å²) < 4.78 is 4.66. The van der Waals surface area contributed by atoms with Crippen LogP contribution in [-0.4, -0.2) is 23.1 Å². The van der Waals surface area contributed by atoms with E-state index in [4.69, 9.17) is 5.53 Å². The van der Waals surface area contributed by atoms with Crippen LogP contribution in [0.15, 0.2) is 0 Å². The Morgan fingerprint density at radius 1 is 1.50 bits per heavy atom. The molecule has 0 amide bonds. The normalized spacial score (nSPS) is 8.83. The maximum atomic E-state index is 11.0. The molecule has 0 aliphatic heterocycles. The minimum atomic E-state index is -0.520. The molecule has 0 aromatic heterocycles. The first-order chi connectivity index (χ1) is 5.76. The molecule has 0 atom stereocenters. The molecular weight excluding hydrogens is 156 g/mol. The van der Waals surface area contributed by atoms with Crippen LogP contribution in [0.4, 0.5) is 0 Å². The van der Waals surface area contributed by atoms with Gasteiger partial charge in [-0.3, -0.25) is 0 Å². The van der Waals surface area contributed by atoms with E-state index in [-0.39, 0.29) is 5.71 Å². The number of hydrogen-bond acceptors (Lipinski definition) is 2. The van der Waals surface area contributed by atoms with Gasteiger partial charge < -0.3 is 10.3 Å². The Morgan fingerprint density at radius 3 is 2.58 bits per heavy atom. The van der Waals surface area contributed by atoms with Crippen LogP contribution in [-0.2, 0) is 9.53 Å². The molecule has 0 aliphatic carbocycles. The first kappa shape index (κ1) is 10.8. The summed E-state index contributed by atoms with van der Waals surface area (Å²) in [4.78, 5) is 13.9. The van der Waals surface area contributed by atoms with Crippen molar-refractivity contribution in [3.05, 3.63) is 5.53 Å². The second-order valence-corrected chi connectivity index (χ2v) is 2.37. The van der Waals surface area contributed by atoms with Crippen molar-refractivity contribution in [3.63, 3.8) is 0 Å². The van der Waals surface area contributed by atoms with Crippen molar-refractivity contribution in [2.75, 3.05) is 6.61 Å². The third-order valence-electron chi connectivity index (χ3n) is 1.40. The molecule has 4 nitrogen and oxygen atoms in total. The summed E-state index contributed by atoms with van der Waals surface area (Å²) in [6.07, 6.45) is 2.27. The average molecular weight is 170 g/mol. The summed E-state index contributed by atoms with van der Waals surface area (Å²) in [5, 5.41) is 0. The van der Waals surface area contributed by atoms with Gasteiger partial charge in [-0.2, -0.15) is 4.79 Å². The van der Waals surface area contributed by atoms with Crippen LogP contribution >= 0.6 is 0 Å². The molecule has 0 bridgehead atoms. The molecule has 0 spiro atoms. The molecule has 0 aromatic carbocycles. The van der Waals surface area contributed by atoms with Crippen LogP contribution in [0, 0.1) is 0 Å². The summed E-state index contributed by atoms with van der Waals surface area (Å²) in [7, 11) is 0. The minimum absolute atomic E-state index is 0.110. The maximum absolute atomic E-state index is 11.0. The van der Waals surface area contributed by atoms with Crippen molar-refractivity contribution in [1.29, 1.82) is 0 Å². The van der Waals surface area contributed by atoms with Gasteiger partial charge in [0.15, 0.2) is 0 Å². The molecule has 0 saturated carbocycles. The highest BCUT2D eigenvalue weighted by Crippen LogP contribution is 1.96. The molecule has 0 fully saturated rings. The van der Waals surface area contributed by atoms with Crippen LogP contribution in [0.3, 0.4) is 0 Å².